The van der Waals surface area contributed by atoms with Crippen molar-refractivity contribution in [2.24, 2.45) is 5.11 Å². The van der Waals surface area contributed by atoms with E-state index in [2.05, 4.69) is 20.9 Å². The molecule has 0 rings (SSSR count). The van der Waals surface area contributed by atoms with Crippen LogP contribution in [0.25, 0.3) is 10.4 Å². The van der Waals surface area contributed by atoms with Gasteiger partial charge in [0.1, 0.15) is 12.3 Å². The fraction of sp³-hybridized carbons (Fsp3) is 0.889. The fourth-order valence-corrected chi connectivity index (χ4v) is 0.824. The summed E-state index contributed by atoms with van der Waals surface area (Å²) in [6.07, 6.45) is -0.556. The average molecular weight is 245 g/mol. The molecule has 1 unspecified atom stereocenters. The number of hydrogen-bond donors (Lipinski definition) is 2. The van der Waals surface area contributed by atoms with Crippen LogP contribution in [0, 0.1) is 0 Å². The predicted molar refractivity (Wildman–Crippen MR) is 61.9 cm³/mol. The molecule has 0 aliphatic rings. The Bertz CT molecular complexity index is 283. The molecule has 0 fully saturated rings. The van der Waals surface area contributed by atoms with Gasteiger partial charge in [-0.3, -0.25) is 5.43 Å². The Morgan fingerprint density at radius 1 is 1.53 bits per heavy atom. The van der Waals surface area contributed by atoms with Gasteiger partial charge < -0.3 is 9.47 Å². The average Bonchev–Trinajstić information content (AvgIpc) is 2.19. The van der Waals surface area contributed by atoms with Crippen LogP contribution in [0.3, 0.4) is 0 Å². The molecule has 0 aliphatic heterocycles. The highest BCUT2D eigenvalue weighted by Crippen LogP contribution is 2.05. The van der Waals surface area contributed by atoms with Crippen LogP contribution in [0.5, 0.6) is 0 Å². The number of nitrogens with one attached hydrogen (secondary N) is 2. The number of amides is 1. The first-order chi connectivity index (χ1) is 7.85. The van der Waals surface area contributed by atoms with Crippen molar-refractivity contribution >= 4 is 6.09 Å². The number of nitrogens with zero attached hydrogens (tertiary/aromatic N) is 3. The lowest BCUT2D eigenvalue weighted by Crippen LogP contribution is -2.46. The second-order valence-corrected chi connectivity index (χ2v) is 4.40. The van der Waals surface area contributed by atoms with Crippen molar-refractivity contribution in [3.63, 3.8) is 0 Å². The van der Waals surface area contributed by atoms with Gasteiger partial charge in [-0.15, -0.1) is 0 Å². The first-order valence-corrected chi connectivity index (χ1v) is 5.18. The summed E-state index contributed by atoms with van der Waals surface area (Å²) in [5, 5.41) is 3.21. The number of azide groups is 1. The van der Waals surface area contributed by atoms with E-state index in [-0.39, 0.29) is 12.8 Å². The molecule has 1 atom stereocenters. The molecular formula is C9H19N5O3. The Balaban J connectivity index is 3.65. The summed E-state index contributed by atoms with van der Waals surface area (Å²) < 4.78 is 10.0. The van der Waals surface area contributed by atoms with Crippen LogP contribution < -0.4 is 10.9 Å². The zero-order chi connectivity index (χ0) is 13.3. The summed E-state index contributed by atoms with van der Waals surface area (Å²) >= 11 is 0. The third-order valence-electron chi connectivity index (χ3n) is 1.40. The molecule has 98 valence electrons. The molecule has 0 saturated heterocycles. The molecule has 8 heteroatoms. The molecule has 0 radical (unpaired) electrons. The summed E-state index contributed by atoms with van der Waals surface area (Å²) in [4.78, 5) is 13.8. The second-order valence-electron chi connectivity index (χ2n) is 4.40. The van der Waals surface area contributed by atoms with Crippen LogP contribution in [-0.4, -0.2) is 31.1 Å². The molecule has 0 aromatic carbocycles. The topological polar surface area (TPSA) is 108 Å². The van der Waals surface area contributed by atoms with Crippen LogP contribution in [-0.2, 0) is 9.47 Å². The summed E-state index contributed by atoms with van der Waals surface area (Å²) in [5.41, 5.74) is 12.6. The lowest BCUT2D eigenvalue weighted by atomic mass is 10.2. The van der Waals surface area contributed by atoms with E-state index >= 15 is 0 Å². The van der Waals surface area contributed by atoms with E-state index < -0.39 is 11.7 Å². The van der Waals surface area contributed by atoms with Crippen molar-refractivity contribution in [1.82, 2.24) is 10.9 Å². The van der Waals surface area contributed by atoms with Gasteiger partial charge in [-0.1, -0.05) is 5.11 Å². The zero-order valence-electron chi connectivity index (χ0n) is 10.6. The van der Waals surface area contributed by atoms with Crippen molar-refractivity contribution in [2.75, 3.05) is 13.3 Å². The van der Waals surface area contributed by atoms with E-state index in [0.717, 1.165) is 0 Å². The summed E-state index contributed by atoms with van der Waals surface area (Å²) in [5.74, 6) is 0. The Morgan fingerprint density at radius 3 is 2.71 bits per heavy atom. The van der Waals surface area contributed by atoms with Crippen molar-refractivity contribution in [3.8, 4) is 0 Å². The monoisotopic (exact) mass is 245 g/mol. The Hall–Kier alpha value is -1.50. The normalized spacial score (nSPS) is 12.5. The van der Waals surface area contributed by atoms with E-state index in [0.29, 0.717) is 6.61 Å². The maximum atomic E-state index is 11.2. The van der Waals surface area contributed by atoms with E-state index in [9.17, 15) is 4.79 Å². The SMILES string of the molecule is CC(COCN=[N+]=[N-])NNC(=O)OC(C)(C)C. The minimum Gasteiger partial charge on any atom is -0.443 e. The minimum atomic E-state index is -0.556. The molecule has 2 N–H and O–H groups in total. The van der Waals surface area contributed by atoms with Crippen LogP contribution >= 0.6 is 0 Å². The van der Waals surface area contributed by atoms with E-state index in [1.54, 1.807) is 27.7 Å². The molecule has 0 spiro atoms. The molecule has 0 aliphatic carbocycles. The van der Waals surface area contributed by atoms with E-state index in [4.69, 9.17) is 15.0 Å². The Kier molecular flexibility index (Phi) is 7.04. The summed E-state index contributed by atoms with van der Waals surface area (Å²) in [7, 11) is 0. The standard InChI is InChI=1S/C9H19N5O3/c1-7(5-16-6-11-14-10)12-13-8(15)17-9(2,3)4/h7,12H,5-6H2,1-4H3,(H,13,15). The predicted octanol–water partition coefficient (Wildman–Crippen LogP) is 1.69. The number of carbonyl (C=O) groups excluding carboxylic acids is 1. The van der Waals surface area contributed by atoms with E-state index in [1.807, 2.05) is 0 Å². The van der Waals surface area contributed by atoms with Gasteiger partial charge in [0.2, 0.25) is 0 Å². The van der Waals surface area contributed by atoms with Gasteiger partial charge >= 0.3 is 6.09 Å². The van der Waals surface area contributed by atoms with Crippen LogP contribution in [0.15, 0.2) is 5.11 Å². The van der Waals surface area contributed by atoms with Gasteiger partial charge in [0.05, 0.1) is 6.61 Å². The van der Waals surface area contributed by atoms with Gasteiger partial charge in [0.15, 0.2) is 0 Å². The first kappa shape index (κ1) is 15.5. The van der Waals surface area contributed by atoms with E-state index in [1.165, 1.54) is 0 Å². The lowest BCUT2D eigenvalue weighted by molar-refractivity contribution is 0.0466. The minimum absolute atomic E-state index is 0.0328. The van der Waals surface area contributed by atoms with Gasteiger partial charge in [-0.2, -0.15) is 0 Å². The smallest absolute Gasteiger partial charge is 0.422 e. The molecule has 0 heterocycles. The molecule has 0 aromatic heterocycles. The third kappa shape index (κ3) is 10.8. The molecule has 17 heavy (non-hydrogen) atoms. The van der Waals surface area contributed by atoms with Crippen molar-refractivity contribution in [1.29, 1.82) is 0 Å². The van der Waals surface area contributed by atoms with Crippen molar-refractivity contribution < 1.29 is 14.3 Å². The number of hydrogen-bond acceptors (Lipinski definition) is 5. The second kappa shape index (κ2) is 7.72. The number of hydrazine groups is 1. The van der Waals surface area contributed by atoms with Gasteiger partial charge in [-0.05, 0) is 33.2 Å². The number of rotatable bonds is 6. The third-order valence-corrected chi connectivity index (χ3v) is 1.40. The first-order valence-electron chi connectivity index (χ1n) is 5.18. The molecule has 0 bridgehead atoms. The Morgan fingerprint density at radius 2 is 2.18 bits per heavy atom. The zero-order valence-corrected chi connectivity index (χ0v) is 10.6. The fourth-order valence-electron chi connectivity index (χ4n) is 0.824. The van der Waals surface area contributed by atoms with Crippen molar-refractivity contribution in [2.45, 2.75) is 39.3 Å². The largest absolute Gasteiger partial charge is 0.443 e. The molecule has 1 amide bonds. The summed E-state index contributed by atoms with van der Waals surface area (Å²) in [6.45, 7) is 7.40. The highest BCUT2D eigenvalue weighted by molar-refractivity contribution is 5.66. The van der Waals surface area contributed by atoms with Gasteiger partial charge in [0.25, 0.3) is 0 Å². The van der Waals surface area contributed by atoms with Crippen molar-refractivity contribution in [3.05, 3.63) is 10.4 Å². The molecule has 0 saturated carbocycles. The van der Waals surface area contributed by atoms with Gasteiger partial charge in [-0.25, -0.2) is 10.2 Å². The molecule has 0 aromatic rings. The lowest BCUT2D eigenvalue weighted by Gasteiger charge is -2.21. The maximum absolute atomic E-state index is 11.2. The highest BCUT2D eigenvalue weighted by Gasteiger charge is 2.16. The highest BCUT2D eigenvalue weighted by atomic mass is 16.6. The van der Waals surface area contributed by atoms with Crippen LogP contribution in [0.1, 0.15) is 27.7 Å². The summed E-state index contributed by atoms with van der Waals surface area (Å²) in [6, 6.07) is -0.128. The molecular weight excluding hydrogens is 226 g/mol. The quantitative estimate of drug-likeness (QED) is 0.244. The van der Waals surface area contributed by atoms with Crippen LogP contribution in [0.4, 0.5) is 4.79 Å². The Labute approximate surface area is 100 Å². The number of carbonyl (C=O) groups is 1. The van der Waals surface area contributed by atoms with Gasteiger partial charge in [0, 0.05) is 11.0 Å². The van der Waals surface area contributed by atoms with Crippen LogP contribution in [0.2, 0.25) is 0 Å². The maximum Gasteiger partial charge on any atom is 0.422 e. The molecule has 8 nitrogen and oxygen atoms in total. The number of ether oxygens (including phenoxy) is 2.